The summed E-state index contributed by atoms with van der Waals surface area (Å²) >= 11 is 0. The molecule has 0 N–H and O–H groups in total. The number of nitrogens with zero attached hydrogens (tertiary/aromatic N) is 1. The third kappa shape index (κ3) is 2.46. The van der Waals surface area contributed by atoms with Crippen LogP contribution in [0.2, 0.25) is 0 Å². The van der Waals surface area contributed by atoms with Crippen LogP contribution in [0.5, 0.6) is 0 Å². The molecular formula is C18H13F2NO. The number of benzene rings is 2. The van der Waals surface area contributed by atoms with E-state index < -0.39 is 17.2 Å². The summed E-state index contributed by atoms with van der Waals surface area (Å²) in [7, 11) is 0. The van der Waals surface area contributed by atoms with Gasteiger partial charge in [0.15, 0.2) is 0 Å². The molecule has 0 saturated carbocycles. The Morgan fingerprint density at radius 2 is 1.82 bits per heavy atom. The lowest BCUT2D eigenvalue weighted by Crippen LogP contribution is -1.91. The Morgan fingerprint density at radius 3 is 2.45 bits per heavy atom. The Balaban J connectivity index is 2.09. The summed E-state index contributed by atoms with van der Waals surface area (Å²) in [6.45, 7) is 2.10. The first-order valence-electron chi connectivity index (χ1n) is 7.04. The van der Waals surface area contributed by atoms with E-state index >= 15 is 0 Å². The third-order valence-electron chi connectivity index (χ3n) is 3.56. The quantitative estimate of drug-likeness (QED) is 0.666. The van der Waals surface area contributed by atoms with Gasteiger partial charge in [-0.15, -0.1) is 0 Å². The van der Waals surface area contributed by atoms with Crippen LogP contribution < -0.4 is 0 Å². The molecule has 1 aromatic heterocycles. The lowest BCUT2D eigenvalue weighted by molar-refractivity contribution is 0.574. The minimum absolute atomic E-state index is 0.280. The van der Waals surface area contributed by atoms with Crippen LogP contribution in [-0.2, 0) is 6.42 Å². The van der Waals surface area contributed by atoms with Crippen LogP contribution >= 0.6 is 0 Å². The molecular weight excluding hydrogens is 284 g/mol. The molecule has 0 aliphatic heterocycles. The molecule has 0 aliphatic carbocycles. The predicted octanol–water partition coefficient (Wildman–Crippen LogP) is 5.20. The first kappa shape index (κ1) is 14.3. The summed E-state index contributed by atoms with van der Waals surface area (Å²) in [5, 5.41) is 9.58. The fraction of sp³-hybridized carbons (Fsp3) is 0.167. The van der Waals surface area contributed by atoms with Crippen molar-refractivity contribution in [1.82, 2.24) is 0 Å². The molecule has 4 heteroatoms. The van der Waals surface area contributed by atoms with Gasteiger partial charge in [0.05, 0.1) is 0 Å². The van der Waals surface area contributed by atoms with Gasteiger partial charge >= 0.3 is 0 Å². The maximum absolute atomic E-state index is 13.7. The lowest BCUT2D eigenvalue weighted by atomic mass is 10.1. The van der Waals surface area contributed by atoms with Gasteiger partial charge in [-0.2, -0.15) is 5.26 Å². The van der Waals surface area contributed by atoms with Gasteiger partial charge in [0.2, 0.25) is 0 Å². The van der Waals surface area contributed by atoms with Gasteiger partial charge in [-0.3, -0.25) is 0 Å². The van der Waals surface area contributed by atoms with E-state index in [2.05, 4.69) is 6.92 Å². The van der Waals surface area contributed by atoms with Crippen LogP contribution in [0.25, 0.3) is 22.3 Å². The van der Waals surface area contributed by atoms with Gasteiger partial charge < -0.3 is 4.42 Å². The second-order valence-corrected chi connectivity index (χ2v) is 5.16. The van der Waals surface area contributed by atoms with Gasteiger partial charge in [-0.1, -0.05) is 25.5 Å². The normalized spacial score (nSPS) is 10.8. The summed E-state index contributed by atoms with van der Waals surface area (Å²) in [4.78, 5) is 0. The summed E-state index contributed by atoms with van der Waals surface area (Å²) < 4.78 is 33.1. The molecule has 0 unspecified atom stereocenters. The molecule has 1 heterocycles. The zero-order valence-electron chi connectivity index (χ0n) is 12.0. The molecule has 22 heavy (non-hydrogen) atoms. The number of rotatable bonds is 3. The van der Waals surface area contributed by atoms with Crippen LogP contribution in [0.15, 0.2) is 40.8 Å². The number of hydrogen-bond acceptors (Lipinski definition) is 2. The number of hydrogen-bond donors (Lipinski definition) is 0. The first-order valence-corrected chi connectivity index (χ1v) is 7.04. The lowest BCUT2D eigenvalue weighted by Gasteiger charge is -2.00. The zero-order valence-corrected chi connectivity index (χ0v) is 12.0. The second kappa shape index (κ2) is 5.61. The molecule has 0 fully saturated rings. The molecule has 3 aromatic rings. The Labute approximate surface area is 126 Å². The van der Waals surface area contributed by atoms with Crippen molar-refractivity contribution in [3.05, 3.63) is 59.2 Å². The van der Waals surface area contributed by atoms with Crippen molar-refractivity contribution in [3.8, 4) is 17.4 Å². The van der Waals surface area contributed by atoms with E-state index in [1.165, 1.54) is 6.07 Å². The average molecular weight is 297 g/mol. The molecule has 0 spiro atoms. The maximum Gasteiger partial charge on any atom is 0.144 e. The van der Waals surface area contributed by atoms with E-state index in [9.17, 15) is 8.78 Å². The molecule has 0 bridgehead atoms. The fourth-order valence-corrected chi connectivity index (χ4v) is 2.48. The topological polar surface area (TPSA) is 36.9 Å². The van der Waals surface area contributed by atoms with Crippen LogP contribution in [0.1, 0.15) is 24.5 Å². The van der Waals surface area contributed by atoms with E-state index in [4.69, 9.17) is 9.68 Å². The van der Waals surface area contributed by atoms with Crippen molar-refractivity contribution in [3.63, 3.8) is 0 Å². The Morgan fingerprint density at radius 1 is 1.09 bits per heavy atom. The molecule has 2 nitrogen and oxygen atoms in total. The third-order valence-corrected chi connectivity index (χ3v) is 3.56. The van der Waals surface area contributed by atoms with Gasteiger partial charge in [0.1, 0.15) is 34.6 Å². The Kier molecular flexibility index (Phi) is 3.64. The summed E-state index contributed by atoms with van der Waals surface area (Å²) in [5.74, 6) is -1.39. The summed E-state index contributed by atoms with van der Waals surface area (Å²) in [5.41, 5.74) is 1.55. The van der Waals surface area contributed by atoms with Crippen LogP contribution in [0, 0.1) is 23.0 Å². The maximum atomic E-state index is 13.7. The smallest absolute Gasteiger partial charge is 0.144 e. The van der Waals surface area contributed by atoms with Crippen LogP contribution in [-0.4, -0.2) is 0 Å². The van der Waals surface area contributed by atoms with Gasteiger partial charge in [-0.25, -0.2) is 8.78 Å². The Hall–Kier alpha value is -2.67. The largest absolute Gasteiger partial charge is 0.456 e. The first-order chi connectivity index (χ1) is 10.6. The van der Waals surface area contributed by atoms with E-state index in [0.717, 1.165) is 35.9 Å². The van der Waals surface area contributed by atoms with Crippen LogP contribution in [0.4, 0.5) is 8.78 Å². The van der Waals surface area contributed by atoms with E-state index in [-0.39, 0.29) is 5.56 Å². The number of furan rings is 1. The molecule has 3 rings (SSSR count). The molecule has 0 atom stereocenters. The van der Waals surface area contributed by atoms with Crippen molar-refractivity contribution < 1.29 is 13.2 Å². The standard InChI is InChI=1S/C18H13F2NO/c1-2-3-11-4-5-12-9-18(22-17(12)6-11)13-7-15(19)14(10-21)16(20)8-13/h4-9H,2-3H2,1H3. The molecule has 0 radical (unpaired) electrons. The molecule has 0 amide bonds. The molecule has 0 saturated heterocycles. The SMILES string of the molecule is CCCc1ccc2cc(-c3cc(F)c(C#N)c(F)c3)oc2c1. The molecule has 0 aliphatic rings. The average Bonchev–Trinajstić information content (AvgIpc) is 2.90. The number of fused-ring (bicyclic) bond motifs is 1. The number of aryl methyl sites for hydroxylation is 1. The van der Waals surface area contributed by atoms with Crippen LogP contribution in [0.3, 0.4) is 0 Å². The highest BCUT2D eigenvalue weighted by molar-refractivity contribution is 5.83. The van der Waals surface area contributed by atoms with Crippen molar-refractivity contribution in [2.45, 2.75) is 19.8 Å². The van der Waals surface area contributed by atoms with Gasteiger partial charge in [0, 0.05) is 10.9 Å². The summed E-state index contributed by atoms with van der Waals surface area (Å²) in [6, 6.07) is 11.4. The second-order valence-electron chi connectivity index (χ2n) is 5.16. The van der Waals surface area contributed by atoms with Crippen molar-refractivity contribution in [2.24, 2.45) is 0 Å². The van der Waals surface area contributed by atoms with Gasteiger partial charge in [-0.05, 0) is 36.2 Å². The monoisotopic (exact) mass is 297 g/mol. The van der Waals surface area contributed by atoms with Crippen molar-refractivity contribution in [1.29, 1.82) is 5.26 Å². The van der Waals surface area contributed by atoms with Gasteiger partial charge in [0.25, 0.3) is 0 Å². The van der Waals surface area contributed by atoms with Crippen molar-refractivity contribution >= 4 is 11.0 Å². The highest BCUT2D eigenvalue weighted by atomic mass is 19.1. The fourth-order valence-electron chi connectivity index (χ4n) is 2.48. The number of halogens is 2. The van der Waals surface area contributed by atoms with E-state index in [0.29, 0.717) is 11.3 Å². The highest BCUT2D eigenvalue weighted by Crippen LogP contribution is 2.30. The Bertz CT molecular complexity index is 867. The zero-order chi connectivity index (χ0) is 15.7. The minimum Gasteiger partial charge on any atom is -0.456 e. The van der Waals surface area contributed by atoms with Crippen molar-refractivity contribution in [2.75, 3.05) is 0 Å². The summed E-state index contributed by atoms with van der Waals surface area (Å²) in [6.07, 6.45) is 1.98. The minimum atomic E-state index is -0.885. The number of nitriles is 1. The highest BCUT2D eigenvalue weighted by Gasteiger charge is 2.14. The molecule has 2 aromatic carbocycles. The van der Waals surface area contributed by atoms with E-state index in [1.807, 2.05) is 18.2 Å². The predicted molar refractivity (Wildman–Crippen MR) is 80.3 cm³/mol. The van der Waals surface area contributed by atoms with E-state index in [1.54, 1.807) is 6.07 Å². The molecule has 110 valence electrons.